The van der Waals surface area contributed by atoms with E-state index in [1.807, 2.05) is 13.2 Å². The molecule has 2 unspecified atom stereocenters. The Bertz CT molecular complexity index is 883. The minimum atomic E-state index is -0.498. The van der Waals surface area contributed by atoms with Crippen molar-refractivity contribution >= 4 is 11.8 Å². The number of aromatic nitrogens is 1. The predicted octanol–water partition coefficient (Wildman–Crippen LogP) is 2.26. The normalized spacial score (nSPS) is 41.0. The van der Waals surface area contributed by atoms with E-state index in [9.17, 15) is 4.79 Å². The molecule has 6 rings (SSSR count). The number of esters is 1. The lowest BCUT2D eigenvalue weighted by molar-refractivity contribution is -0.149. The molecule has 1 aromatic rings. The van der Waals surface area contributed by atoms with Crippen LogP contribution in [-0.2, 0) is 20.7 Å². The maximum atomic E-state index is 12.4. The van der Waals surface area contributed by atoms with Crippen molar-refractivity contribution in [3.8, 4) is 5.75 Å². The van der Waals surface area contributed by atoms with Gasteiger partial charge in [-0.15, -0.1) is 0 Å². The van der Waals surface area contributed by atoms with E-state index in [4.69, 9.17) is 14.2 Å². The molecule has 5 atom stereocenters. The highest BCUT2D eigenvalue weighted by molar-refractivity contribution is 5.94. The maximum absolute atomic E-state index is 12.4. The zero-order valence-electron chi connectivity index (χ0n) is 15.7. The lowest BCUT2D eigenvalue weighted by Gasteiger charge is -2.41. The van der Waals surface area contributed by atoms with Crippen LogP contribution in [0.3, 0.4) is 0 Å². The van der Waals surface area contributed by atoms with Gasteiger partial charge in [-0.1, -0.05) is 13.0 Å². The van der Waals surface area contributed by atoms with Gasteiger partial charge in [-0.2, -0.15) is 0 Å². The molecule has 1 aromatic heterocycles. The number of carbonyl (C=O) groups is 1. The highest BCUT2D eigenvalue weighted by Crippen LogP contribution is 2.64. The molecule has 6 heteroatoms. The van der Waals surface area contributed by atoms with E-state index in [-0.39, 0.29) is 23.6 Å². The summed E-state index contributed by atoms with van der Waals surface area (Å²) < 4.78 is 18.4. The van der Waals surface area contributed by atoms with Crippen molar-refractivity contribution in [3.63, 3.8) is 0 Å². The van der Waals surface area contributed by atoms with Gasteiger partial charge in [0, 0.05) is 25.6 Å². The molecule has 1 spiro atoms. The molecule has 142 valence electrons. The van der Waals surface area contributed by atoms with E-state index in [0.717, 1.165) is 54.9 Å². The van der Waals surface area contributed by atoms with Gasteiger partial charge in [0.1, 0.15) is 18.3 Å². The minimum absolute atomic E-state index is 0.103. The highest BCUT2D eigenvalue weighted by atomic mass is 16.6. The number of carbonyl (C=O) groups excluding carboxylic acids is 1. The number of fused-ring (bicyclic) bond motifs is 2. The largest absolute Gasteiger partial charge is 0.488 e. The molecule has 0 radical (unpaired) electrons. The van der Waals surface area contributed by atoms with Crippen LogP contribution in [0.25, 0.3) is 0 Å². The molecule has 6 nitrogen and oxygen atoms in total. The van der Waals surface area contributed by atoms with E-state index in [2.05, 4.69) is 29.0 Å². The SMILES string of the molecule is C[C@@H]1C=C2C(=O)O[C@@H]3CCC4CC1(Cc1cnc5c(c1)OCCN5C)O[C@]243. The summed E-state index contributed by atoms with van der Waals surface area (Å²) in [6.07, 6.45) is 7.72. The quantitative estimate of drug-likeness (QED) is 0.747. The number of anilines is 1. The molecule has 27 heavy (non-hydrogen) atoms. The summed E-state index contributed by atoms with van der Waals surface area (Å²) in [6, 6.07) is 2.11. The van der Waals surface area contributed by atoms with Gasteiger partial charge < -0.3 is 19.1 Å². The average molecular weight is 368 g/mol. The van der Waals surface area contributed by atoms with Gasteiger partial charge in [-0.05, 0) is 36.8 Å². The Kier molecular flexibility index (Phi) is 2.97. The molecular formula is C21H24N2O4. The number of hydrogen-bond donors (Lipinski definition) is 0. The zero-order valence-corrected chi connectivity index (χ0v) is 15.7. The van der Waals surface area contributed by atoms with Gasteiger partial charge >= 0.3 is 5.97 Å². The average Bonchev–Trinajstić information content (AvgIpc) is 3.19. The van der Waals surface area contributed by atoms with Crippen molar-refractivity contribution in [1.29, 1.82) is 0 Å². The first-order valence-electron chi connectivity index (χ1n) is 9.98. The van der Waals surface area contributed by atoms with Gasteiger partial charge in [0.15, 0.2) is 11.6 Å². The number of hydrogen-bond acceptors (Lipinski definition) is 6. The molecule has 5 aliphatic rings. The van der Waals surface area contributed by atoms with E-state index >= 15 is 0 Å². The Hall–Kier alpha value is -2.08. The summed E-state index contributed by atoms with van der Waals surface area (Å²) in [4.78, 5) is 19.2. The standard InChI is InChI=1S/C21H24N2O4/c1-12-7-15-19(24)26-17-4-3-14-10-20(12,27-21(14,15)17)9-13-8-16-18(22-11-13)23(2)5-6-25-16/h7-8,11-12,14,17H,3-6,9-10H2,1-2H3/t12-,14?,17-,20?,21+/m1/s1. The fourth-order valence-corrected chi connectivity index (χ4v) is 6.05. The number of nitrogens with zero attached hydrogens (tertiary/aromatic N) is 2. The third-order valence-corrected chi connectivity index (χ3v) is 7.40. The molecule has 0 aromatic carbocycles. The summed E-state index contributed by atoms with van der Waals surface area (Å²) in [5.41, 5.74) is 1.12. The molecule has 4 aliphatic heterocycles. The number of pyridine rings is 1. The van der Waals surface area contributed by atoms with Gasteiger partial charge in [-0.3, -0.25) is 0 Å². The Balaban J connectivity index is 1.38. The Morgan fingerprint density at radius 1 is 1.37 bits per heavy atom. The van der Waals surface area contributed by atoms with Crippen LogP contribution in [0.2, 0.25) is 0 Å². The van der Waals surface area contributed by atoms with Crippen LogP contribution >= 0.6 is 0 Å². The first-order chi connectivity index (χ1) is 13.0. The zero-order chi connectivity index (χ0) is 18.4. The fraction of sp³-hybridized carbons (Fsp3) is 0.619. The van der Waals surface area contributed by atoms with Gasteiger partial charge in [0.2, 0.25) is 0 Å². The van der Waals surface area contributed by atoms with Crippen LogP contribution in [-0.4, -0.2) is 48.5 Å². The smallest absolute Gasteiger partial charge is 0.337 e. The Morgan fingerprint density at radius 3 is 3.15 bits per heavy atom. The summed E-state index contributed by atoms with van der Waals surface area (Å²) in [6.45, 7) is 3.71. The van der Waals surface area contributed by atoms with Crippen molar-refractivity contribution in [2.75, 3.05) is 25.1 Å². The summed E-state index contributed by atoms with van der Waals surface area (Å²) in [5, 5.41) is 0. The van der Waals surface area contributed by atoms with Crippen LogP contribution in [0.1, 0.15) is 31.7 Å². The summed E-state index contributed by atoms with van der Waals surface area (Å²) >= 11 is 0. The molecule has 0 amide bonds. The van der Waals surface area contributed by atoms with Crippen LogP contribution in [0.5, 0.6) is 5.75 Å². The molecule has 2 bridgehead atoms. The highest BCUT2D eigenvalue weighted by Gasteiger charge is 2.72. The van der Waals surface area contributed by atoms with E-state index < -0.39 is 5.60 Å². The third kappa shape index (κ3) is 1.89. The number of rotatable bonds is 2. The second-order valence-corrected chi connectivity index (χ2v) is 8.81. The first kappa shape index (κ1) is 15.9. The number of ether oxygens (including phenoxy) is 3. The summed E-state index contributed by atoms with van der Waals surface area (Å²) in [5.74, 6) is 2.12. The van der Waals surface area contributed by atoms with Crippen molar-refractivity contribution in [3.05, 3.63) is 29.5 Å². The van der Waals surface area contributed by atoms with Crippen molar-refractivity contribution in [2.24, 2.45) is 11.8 Å². The minimum Gasteiger partial charge on any atom is -0.488 e. The predicted molar refractivity (Wildman–Crippen MR) is 97.7 cm³/mol. The lowest BCUT2D eigenvalue weighted by atomic mass is 9.79. The molecule has 1 aliphatic carbocycles. The van der Waals surface area contributed by atoms with Gasteiger partial charge in [0.25, 0.3) is 0 Å². The van der Waals surface area contributed by atoms with Crippen molar-refractivity contribution < 1.29 is 19.0 Å². The van der Waals surface area contributed by atoms with Crippen LogP contribution in [0.4, 0.5) is 5.82 Å². The van der Waals surface area contributed by atoms with E-state index in [1.165, 1.54) is 0 Å². The van der Waals surface area contributed by atoms with Crippen molar-refractivity contribution in [2.45, 2.75) is 49.9 Å². The molecule has 1 saturated carbocycles. The van der Waals surface area contributed by atoms with E-state index in [0.29, 0.717) is 12.5 Å². The topological polar surface area (TPSA) is 60.9 Å². The Labute approximate surface area is 158 Å². The third-order valence-electron chi connectivity index (χ3n) is 7.40. The second kappa shape index (κ2) is 5.04. The summed E-state index contributed by atoms with van der Waals surface area (Å²) in [7, 11) is 2.04. The number of likely N-dealkylation sites (N-methyl/N-ethyl adjacent to an activating group) is 1. The Morgan fingerprint density at radius 2 is 2.26 bits per heavy atom. The van der Waals surface area contributed by atoms with Crippen molar-refractivity contribution in [1.82, 2.24) is 4.98 Å². The molecule has 2 saturated heterocycles. The fourth-order valence-electron chi connectivity index (χ4n) is 6.05. The monoisotopic (exact) mass is 368 g/mol. The second-order valence-electron chi connectivity index (χ2n) is 8.81. The molecular weight excluding hydrogens is 344 g/mol. The lowest BCUT2D eigenvalue weighted by Crippen LogP contribution is -2.49. The van der Waals surface area contributed by atoms with Crippen LogP contribution in [0, 0.1) is 11.8 Å². The maximum Gasteiger partial charge on any atom is 0.337 e. The van der Waals surface area contributed by atoms with Gasteiger partial charge in [-0.25, -0.2) is 9.78 Å². The van der Waals surface area contributed by atoms with Gasteiger partial charge in [0.05, 0.1) is 17.7 Å². The molecule has 5 heterocycles. The van der Waals surface area contributed by atoms with Crippen LogP contribution < -0.4 is 9.64 Å². The molecule has 3 fully saturated rings. The van der Waals surface area contributed by atoms with E-state index in [1.54, 1.807) is 0 Å². The molecule has 0 N–H and O–H groups in total. The van der Waals surface area contributed by atoms with Crippen LogP contribution in [0.15, 0.2) is 23.9 Å². The first-order valence-corrected chi connectivity index (χ1v) is 9.98.